The van der Waals surface area contributed by atoms with Crippen molar-refractivity contribution in [3.8, 4) is 11.5 Å². The molecule has 0 saturated heterocycles. The number of amides is 1. The number of H-pyrrole nitrogens is 1. The molecule has 23 heavy (non-hydrogen) atoms. The Kier molecular flexibility index (Phi) is 2.97. The number of carbonyl (C=O) groups excluding carboxylic acids is 1. The van der Waals surface area contributed by atoms with Crippen LogP contribution in [0, 0.1) is 12.7 Å². The largest absolute Gasteiger partial charge is 0.454 e. The summed E-state index contributed by atoms with van der Waals surface area (Å²) in [5.41, 5.74) is 2.38. The molecule has 1 aliphatic rings. The molecule has 6 heteroatoms. The number of rotatable bonds is 2. The van der Waals surface area contributed by atoms with Gasteiger partial charge < -0.3 is 19.8 Å². The third-order valence-electron chi connectivity index (χ3n) is 3.88. The molecule has 0 radical (unpaired) electrons. The molecule has 4 rings (SSSR count). The zero-order chi connectivity index (χ0) is 16.0. The predicted octanol–water partition coefficient (Wildman–Crippen LogP) is 3.60. The van der Waals surface area contributed by atoms with Gasteiger partial charge in [0.25, 0.3) is 5.91 Å². The Morgan fingerprint density at radius 1 is 1.17 bits per heavy atom. The van der Waals surface area contributed by atoms with Crippen molar-refractivity contribution in [3.63, 3.8) is 0 Å². The highest BCUT2D eigenvalue weighted by Gasteiger charge is 2.17. The number of benzene rings is 2. The second-order valence-corrected chi connectivity index (χ2v) is 5.34. The van der Waals surface area contributed by atoms with Crippen LogP contribution >= 0.6 is 0 Å². The summed E-state index contributed by atoms with van der Waals surface area (Å²) in [6, 6.07) is 9.60. The Bertz CT molecular complexity index is 933. The van der Waals surface area contributed by atoms with Gasteiger partial charge in [-0.3, -0.25) is 4.79 Å². The maximum Gasteiger partial charge on any atom is 0.272 e. The average Bonchev–Trinajstić information content (AvgIpc) is 3.11. The van der Waals surface area contributed by atoms with E-state index in [0.29, 0.717) is 28.4 Å². The van der Waals surface area contributed by atoms with Gasteiger partial charge in [-0.05, 0) is 42.8 Å². The number of anilines is 1. The van der Waals surface area contributed by atoms with Crippen LogP contribution in [-0.4, -0.2) is 17.7 Å². The lowest BCUT2D eigenvalue weighted by Crippen LogP contribution is -2.13. The van der Waals surface area contributed by atoms with Crippen LogP contribution in [0.3, 0.4) is 0 Å². The van der Waals surface area contributed by atoms with Crippen molar-refractivity contribution in [3.05, 3.63) is 53.5 Å². The highest BCUT2D eigenvalue weighted by Crippen LogP contribution is 2.34. The van der Waals surface area contributed by atoms with Crippen molar-refractivity contribution in [1.82, 2.24) is 4.98 Å². The Balaban J connectivity index is 1.65. The zero-order valence-corrected chi connectivity index (χ0v) is 12.3. The first kappa shape index (κ1) is 13.6. The van der Waals surface area contributed by atoms with Gasteiger partial charge in [-0.1, -0.05) is 0 Å². The standard InChI is InChI=1S/C17H13FN2O3/c1-9-12-4-2-10(18)6-13(12)20-16(9)17(21)19-11-3-5-14-15(7-11)23-8-22-14/h2-7,20H,8H2,1H3,(H,19,21). The molecule has 1 aromatic heterocycles. The summed E-state index contributed by atoms with van der Waals surface area (Å²) in [6.45, 7) is 2.00. The van der Waals surface area contributed by atoms with Crippen LogP contribution in [0.15, 0.2) is 36.4 Å². The molecule has 0 atom stereocenters. The first-order valence-corrected chi connectivity index (χ1v) is 7.10. The minimum atomic E-state index is -0.346. The molecular weight excluding hydrogens is 299 g/mol. The maximum atomic E-state index is 13.3. The van der Waals surface area contributed by atoms with E-state index in [1.54, 1.807) is 24.3 Å². The molecule has 0 unspecified atom stereocenters. The number of halogens is 1. The molecule has 0 fully saturated rings. The van der Waals surface area contributed by atoms with Gasteiger partial charge in [0.05, 0.1) is 0 Å². The second kappa shape index (κ2) is 5.01. The molecule has 0 saturated carbocycles. The molecule has 2 N–H and O–H groups in total. The molecule has 1 aliphatic heterocycles. The summed E-state index contributed by atoms with van der Waals surface area (Å²) < 4.78 is 23.8. The molecule has 2 aromatic carbocycles. The number of aromatic amines is 1. The molecule has 0 aliphatic carbocycles. The lowest BCUT2D eigenvalue weighted by Gasteiger charge is -2.05. The number of carbonyl (C=O) groups is 1. The fraction of sp³-hybridized carbons (Fsp3) is 0.118. The summed E-state index contributed by atoms with van der Waals surface area (Å²) in [4.78, 5) is 15.5. The summed E-state index contributed by atoms with van der Waals surface area (Å²) in [6.07, 6.45) is 0. The highest BCUT2D eigenvalue weighted by atomic mass is 19.1. The van der Waals surface area contributed by atoms with Crippen molar-refractivity contribution >= 4 is 22.5 Å². The van der Waals surface area contributed by atoms with E-state index in [-0.39, 0.29) is 18.5 Å². The van der Waals surface area contributed by atoms with Gasteiger partial charge in [-0.25, -0.2) is 4.39 Å². The van der Waals surface area contributed by atoms with Crippen LogP contribution in [0.2, 0.25) is 0 Å². The molecule has 5 nitrogen and oxygen atoms in total. The average molecular weight is 312 g/mol. The molecule has 0 spiro atoms. The van der Waals surface area contributed by atoms with E-state index >= 15 is 0 Å². The van der Waals surface area contributed by atoms with Crippen molar-refractivity contribution in [1.29, 1.82) is 0 Å². The van der Waals surface area contributed by atoms with E-state index in [1.807, 2.05) is 6.92 Å². The number of aromatic nitrogens is 1. The van der Waals surface area contributed by atoms with Crippen LogP contribution < -0.4 is 14.8 Å². The maximum absolute atomic E-state index is 13.3. The van der Waals surface area contributed by atoms with E-state index < -0.39 is 0 Å². The van der Waals surface area contributed by atoms with Crippen molar-refractivity contribution in [2.75, 3.05) is 12.1 Å². The third kappa shape index (κ3) is 2.28. The lowest BCUT2D eigenvalue weighted by atomic mass is 10.1. The fourth-order valence-corrected chi connectivity index (χ4v) is 2.70. The van der Waals surface area contributed by atoms with Crippen molar-refractivity contribution < 1.29 is 18.7 Å². The molecule has 116 valence electrons. The second-order valence-electron chi connectivity index (χ2n) is 5.34. The Labute approximate surface area is 131 Å². The number of hydrogen-bond acceptors (Lipinski definition) is 3. The van der Waals surface area contributed by atoms with Gasteiger partial charge in [-0.15, -0.1) is 0 Å². The van der Waals surface area contributed by atoms with E-state index in [9.17, 15) is 9.18 Å². The Morgan fingerprint density at radius 3 is 2.87 bits per heavy atom. The molecule has 2 heterocycles. The molecule has 0 bridgehead atoms. The number of nitrogens with one attached hydrogen (secondary N) is 2. The Morgan fingerprint density at radius 2 is 2.00 bits per heavy atom. The van der Waals surface area contributed by atoms with E-state index in [2.05, 4.69) is 10.3 Å². The number of hydrogen-bond donors (Lipinski definition) is 2. The van der Waals surface area contributed by atoms with Crippen molar-refractivity contribution in [2.45, 2.75) is 6.92 Å². The van der Waals surface area contributed by atoms with E-state index in [1.165, 1.54) is 12.1 Å². The number of aryl methyl sites for hydroxylation is 1. The number of ether oxygens (including phenoxy) is 2. The molecule has 1 amide bonds. The Hall–Kier alpha value is -3.02. The van der Waals surface area contributed by atoms with Gasteiger partial charge in [0.15, 0.2) is 11.5 Å². The minimum Gasteiger partial charge on any atom is -0.454 e. The van der Waals surface area contributed by atoms with Gasteiger partial charge in [0.2, 0.25) is 6.79 Å². The smallest absolute Gasteiger partial charge is 0.272 e. The third-order valence-corrected chi connectivity index (χ3v) is 3.88. The first-order valence-electron chi connectivity index (χ1n) is 7.10. The summed E-state index contributed by atoms with van der Waals surface area (Å²) in [7, 11) is 0. The normalized spacial score (nSPS) is 12.6. The summed E-state index contributed by atoms with van der Waals surface area (Å²) in [5, 5.41) is 3.63. The predicted molar refractivity (Wildman–Crippen MR) is 83.5 cm³/mol. The monoisotopic (exact) mass is 312 g/mol. The van der Waals surface area contributed by atoms with Gasteiger partial charge >= 0.3 is 0 Å². The summed E-state index contributed by atoms with van der Waals surface area (Å²) in [5.74, 6) is 0.609. The number of fused-ring (bicyclic) bond motifs is 2. The van der Waals surface area contributed by atoms with Crippen LogP contribution in [0.5, 0.6) is 11.5 Å². The zero-order valence-electron chi connectivity index (χ0n) is 12.3. The molecular formula is C17H13FN2O3. The van der Waals surface area contributed by atoms with Crippen LogP contribution in [-0.2, 0) is 0 Å². The lowest BCUT2D eigenvalue weighted by molar-refractivity contribution is 0.102. The minimum absolute atomic E-state index is 0.180. The highest BCUT2D eigenvalue weighted by molar-refractivity contribution is 6.07. The first-order chi connectivity index (χ1) is 11.1. The van der Waals surface area contributed by atoms with Crippen LogP contribution in [0.4, 0.5) is 10.1 Å². The van der Waals surface area contributed by atoms with Gasteiger partial charge in [-0.2, -0.15) is 0 Å². The fourth-order valence-electron chi connectivity index (χ4n) is 2.70. The topological polar surface area (TPSA) is 63.4 Å². The quantitative estimate of drug-likeness (QED) is 0.760. The van der Waals surface area contributed by atoms with Gasteiger partial charge in [0, 0.05) is 22.7 Å². The van der Waals surface area contributed by atoms with E-state index in [0.717, 1.165) is 10.9 Å². The van der Waals surface area contributed by atoms with Crippen molar-refractivity contribution in [2.24, 2.45) is 0 Å². The van der Waals surface area contributed by atoms with Gasteiger partial charge in [0.1, 0.15) is 11.5 Å². The van der Waals surface area contributed by atoms with E-state index in [4.69, 9.17) is 9.47 Å². The SMILES string of the molecule is Cc1c(C(=O)Nc2ccc3c(c2)OCO3)[nH]c2cc(F)ccc12. The van der Waals surface area contributed by atoms with Crippen LogP contribution in [0.25, 0.3) is 10.9 Å². The van der Waals surface area contributed by atoms with Crippen LogP contribution in [0.1, 0.15) is 16.1 Å². The molecule has 3 aromatic rings. The summed E-state index contributed by atoms with van der Waals surface area (Å²) >= 11 is 0.